The highest BCUT2D eigenvalue weighted by molar-refractivity contribution is 5.91. The molecule has 0 aliphatic heterocycles. The van der Waals surface area contributed by atoms with Crippen molar-refractivity contribution in [2.75, 3.05) is 0 Å². The zero-order chi connectivity index (χ0) is 27.3. The summed E-state index contributed by atoms with van der Waals surface area (Å²) < 4.78 is 85.7. The van der Waals surface area contributed by atoms with E-state index in [9.17, 15) is 31.1 Å². The van der Waals surface area contributed by atoms with Crippen molar-refractivity contribution >= 4 is 5.91 Å². The predicted octanol–water partition coefficient (Wildman–Crippen LogP) is 6.24. The van der Waals surface area contributed by atoms with Crippen molar-refractivity contribution in [2.45, 2.75) is 32.4 Å². The number of carbonyl (C=O) groups is 1. The number of rotatable bonds is 9. The quantitative estimate of drug-likeness (QED) is 0.259. The zero-order valence-corrected chi connectivity index (χ0v) is 19.7. The Bertz CT molecular complexity index is 1400. The van der Waals surface area contributed by atoms with Crippen LogP contribution in [0.4, 0.5) is 26.3 Å². The van der Waals surface area contributed by atoms with E-state index < -0.39 is 35.1 Å². The van der Waals surface area contributed by atoms with E-state index in [0.717, 1.165) is 24.5 Å². The topological polar surface area (TPSA) is 58.4 Å². The molecular weight excluding hydrogens is 512 g/mol. The van der Waals surface area contributed by atoms with E-state index in [0.29, 0.717) is 17.2 Å². The molecule has 3 aromatic carbocycles. The number of nitrogens with zero attached hydrogens (tertiary/aromatic N) is 2. The van der Waals surface area contributed by atoms with Gasteiger partial charge in [-0.2, -0.15) is 13.2 Å². The normalized spacial score (nSPS) is 11.7. The molecule has 198 valence electrons. The number of hydrogen-bond donors (Lipinski definition) is 1. The van der Waals surface area contributed by atoms with Gasteiger partial charge in [-0.1, -0.05) is 36.4 Å². The number of nitrogens with one attached hydrogen (secondary N) is 1. The third kappa shape index (κ3) is 7.22. The zero-order valence-electron chi connectivity index (χ0n) is 19.7. The maximum atomic E-state index is 14.3. The standard InChI is InChI=1S/C27H21F6N3O2/c28-21-7-4-17(5-8-21)12-34-26(37)24-16-38-25(35-24)15-36(14-19-6-9-22(29)11-23(19)30)13-18-2-1-3-20(10-18)27(31,32)33/h1-11,16H,12-15H2,(H,34,37). The number of amides is 1. The number of benzene rings is 3. The Kier molecular flexibility index (Phi) is 8.16. The van der Waals surface area contributed by atoms with Gasteiger partial charge in [0.25, 0.3) is 5.91 Å². The lowest BCUT2D eigenvalue weighted by molar-refractivity contribution is -0.137. The molecule has 0 aliphatic carbocycles. The second-order valence-electron chi connectivity index (χ2n) is 8.51. The van der Waals surface area contributed by atoms with Crippen LogP contribution in [0.1, 0.15) is 38.6 Å². The first-order valence-electron chi connectivity index (χ1n) is 11.4. The molecule has 0 bridgehead atoms. The Morgan fingerprint density at radius 2 is 1.61 bits per heavy atom. The molecule has 1 heterocycles. The number of oxazole rings is 1. The maximum absolute atomic E-state index is 14.3. The van der Waals surface area contributed by atoms with Crippen LogP contribution < -0.4 is 5.32 Å². The minimum Gasteiger partial charge on any atom is -0.447 e. The Hall–Kier alpha value is -4.12. The van der Waals surface area contributed by atoms with Gasteiger partial charge in [-0.05, 0) is 35.4 Å². The van der Waals surface area contributed by atoms with Gasteiger partial charge in [0.05, 0.1) is 12.1 Å². The van der Waals surface area contributed by atoms with E-state index in [-0.39, 0.29) is 43.3 Å². The van der Waals surface area contributed by atoms with Crippen LogP contribution in [0.15, 0.2) is 77.4 Å². The van der Waals surface area contributed by atoms with Gasteiger partial charge in [0.1, 0.15) is 23.7 Å². The van der Waals surface area contributed by atoms with Crippen molar-refractivity contribution in [3.63, 3.8) is 0 Å². The van der Waals surface area contributed by atoms with Crippen LogP contribution >= 0.6 is 0 Å². The highest BCUT2D eigenvalue weighted by Gasteiger charge is 2.30. The molecule has 1 amide bonds. The van der Waals surface area contributed by atoms with Crippen molar-refractivity contribution in [3.8, 4) is 0 Å². The van der Waals surface area contributed by atoms with Crippen molar-refractivity contribution in [1.29, 1.82) is 0 Å². The van der Waals surface area contributed by atoms with Gasteiger partial charge in [0.2, 0.25) is 5.89 Å². The number of halogens is 6. The summed E-state index contributed by atoms with van der Waals surface area (Å²) in [5, 5.41) is 2.62. The largest absolute Gasteiger partial charge is 0.447 e. The van der Waals surface area contributed by atoms with Crippen molar-refractivity contribution in [2.24, 2.45) is 0 Å². The molecule has 1 aromatic heterocycles. The third-order valence-corrected chi connectivity index (χ3v) is 5.58. The van der Waals surface area contributed by atoms with E-state index in [2.05, 4.69) is 10.3 Å². The summed E-state index contributed by atoms with van der Waals surface area (Å²) in [6.07, 6.45) is -3.42. The average molecular weight is 533 g/mol. The van der Waals surface area contributed by atoms with Crippen molar-refractivity contribution in [1.82, 2.24) is 15.2 Å². The van der Waals surface area contributed by atoms with Crippen molar-refractivity contribution < 1.29 is 35.6 Å². The summed E-state index contributed by atoms with van der Waals surface area (Å²) in [5.74, 6) is -2.48. The number of hydrogen-bond acceptors (Lipinski definition) is 4. The minimum atomic E-state index is -4.54. The Morgan fingerprint density at radius 1 is 0.868 bits per heavy atom. The van der Waals surface area contributed by atoms with Gasteiger partial charge in [-0.25, -0.2) is 18.2 Å². The van der Waals surface area contributed by atoms with Crippen LogP contribution in [-0.2, 0) is 32.4 Å². The first kappa shape index (κ1) is 26.9. The van der Waals surface area contributed by atoms with E-state index in [1.165, 1.54) is 42.5 Å². The van der Waals surface area contributed by atoms with Gasteiger partial charge in [0.15, 0.2) is 5.69 Å². The first-order valence-corrected chi connectivity index (χ1v) is 11.4. The number of alkyl halides is 3. The predicted molar refractivity (Wildman–Crippen MR) is 125 cm³/mol. The number of aromatic nitrogens is 1. The highest BCUT2D eigenvalue weighted by atomic mass is 19.4. The lowest BCUT2D eigenvalue weighted by Crippen LogP contribution is -2.25. The lowest BCUT2D eigenvalue weighted by atomic mass is 10.1. The molecule has 38 heavy (non-hydrogen) atoms. The van der Waals surface area contributed by atoms with Gasteiger partial charge >= 0.3 is 6.18 Å². The fourth-order valence-corrected chi connectivity index (χ4v) is 3.72. The molecular formula is C27H21F6N3O2. The Labute approximate surface area is 213 Å². The van der Waals surface area contributed by atoms with Crippen LogP contribution in [0.2, 0.25) is 0 Å². The fourth-order valence-electron chi connectivity index (χ4n) is 3.72. The van der Waals surface area contributed by atoms with Gasteiger partial charge in [-0.3, -0.25) is 9.69 Å². The molecule has 4 aromatic rings. The van der Waals surface area contributed by atoms with E-state index in [1.807, 2.05) is 0 Å². The minimum absolute atomic E-state index is 0.0464. The van der Waals surface area contributed by atoms with Gasteiger partial charge < -0.3 is 9.73 Å². The van der Waals surface area contributed by atoms with Crippen LogP contribution in [0, 0.1) is 17.5 Å². The molecule has 11 heteroatoms. The maximum Gasteiger partial charge on any atom is 0.416 e. The summed E-state index contributed by atoms with van der Waals surface area (Å²) in [5.41, 5.74) is 0.193. The SMILES string of the molecule is O=C(NCc1ccc(F)cc1)c1coc(CN(Cc2cccc(C(F)(F)F)c2)Cc2ccc(F)cc2F)n1. The first-order chi connectivity index (χ1) is 18.1. The molecule has 0 saturated heterocycles. The van der Waals surface area contributed by atoms with Crippen LogP contribution in [0.3, 0.4) is 0 Å². The molecule has 1 N–H and O–H groups in total. The second kappa shape index (κ2) is 11.5. The van der Waals surface area contributed by atoms with Gasteiger partial charge in [-0.15, -0.1) is 0 Å². The van der Waals surface area contributed by atoms with E-state index in [1.54, 1.807) is 4.90 Å². The summed E-state index contributed by atoms with van der Waals surface area (Å²) in [6, 6.07) is 13.3. The molecule has 4 rings (SSSR count). The molecule has 0 aliphatic rings. The summed E-state index contributed by atoms with van der Waals surface area (Å²) in [7, 11) is 0. The molecule has 0 saturated carbocycles. The Balaban J connectivity index is 1.49. The molecule has 0 fully saturated rings. The third-order valence-electron chi connectivity index (χ3n) is 5.58. The van der Waals surface area contributed by atoms with E-state index >= 15 is 0 Å². The molecule has 0 spiro atoms. The monoisotopic (exact) mass is 533 g/mol. The smallest absolute Gasteiger partial charge is 0.416 e. The second-order valence-corrected chi connectivity index (χ2v) is 8.51. The van der Waals surface area contributed by atoms with E-state index in [4.69, 9.17) is 4.42 Å². The van der Waals surface area contributed by atoms with Crippen molar-refractivity contribution in [3.05, 3.63) is 124 Å². The number of carbonyl (C=O) groups excluding carboxylic acids is 1. The Morgan fingerprint density at radius 3 is 2.32 bits per heavy atom. The lowest BCUT2D eigenvalue weighted by Gasteiger charge is -2.22. The summed E-state index contributed by atoms with van der Waals surface area (Å²) in [4.78, 5) is 18.2. The van der Waals surface area contributed by atoms with Gasteiger partial charge in [0, 0.05) is 31.3 Å². The molecule has 0 radical (unpaired) electrons. The molecule has 0 unspecified atom stereocenters. The van der Waals surface area contributed by atoms with Crippen LogP contribution in [0.25, 0.3) is 0 Å². The summed E-state index contributed by atoms with van der Waals surface area (Å²) >= 11 is 0. The fraction of sp³-hybridized carbons (Fsp3) is 0.185. The van der Waals surface area contributed by atoms with Crippen LogP contribution in [0.5, 0.6) is 0 Å². The molecule has 0 atom stereocenters. The molecule has 5 nitrogen and oxygen atoms in total. The summed E-state index contributed by atoms with van der Waals surface area (Å²) in [6.45, 7) is -0.114. The highest BCUT2D eigenvalue weighted by Crippen LogP contribution is 2.30. The van der Waals surface area contributed by atoms with Crippen LogP contribution in [-0.4, -0.2) is 15.8 Å². The average Bonchev–Trinajstić information content (AvgIpc) is 3.33.